The van der Waals surface area contributed by atoms with Crippen LogP contribution in [0.1, 0.15) is 37.9 Å². The first kappa shape index (κ1) is 12.9. The molecule has 0 bridgehead atoms. The van der Waals surface area contributed by atoms with E-state index in [1.54, 1.807) is 0 Å². The van der Waals surface area contributed by atoms with Gasteiger partial charge in [0.25, 0.3) is 0 Å². The van der Waals surface area contributed by atoms with Gasteiger partial charge in [-0.3, -0.25) is 4.90 Å². The van der Waals surface area contributed by atoms with Crippen molar-refractivity contribution >= 4 is 5.69 Å². The summed E-state index contributed by atoms with van der Waals surface area (Å²) in [6.07, 6.45) is 3.51. The lowest BCUT2D eigenvalue weighted by Crippen LogP contribution is -2.37. The van der Waals surface area contributed by atoms with Crippen LogP contribution < -0.4 is 4.90 Å². The molecule has 3 nitrogen and oxygen atoms in total. The van der Waals surface area contributed by atoms with Crippen LogP contribution in [0.15, 0.2) is 24.3 Å². The molecule has 3 heteroatoms. The van der Waals surface area contributed by atoms with Gasteiger partial charge in [-0.25, -0.2) is 0 Å². The number of nitrogens with zero attached hydrogens (tertiary/aromatic N) is 2. The molecule has 0 aromatic heterocycles. The SMILES string of the molecule is C[C@H](O)c1ccccc1N1CCCN2CCCC2C1. The molecule has 3 rings (SSSR count). The van der Waals surface area contributed by atoms with Crippen molar-refractivity contribution in [1.29, 1.82) is 0 Å². The van der Waals surface area contributed by atoms with Crippen molar-refractivity contribution in [3.8, 4) is 0 Å². The first-order valence-electron chi connectivity index (χ1n) is 7.51. The average Bonchev–Trinajstić information content (AvgIpc) is 2.76. The minimum absolute atomic E-state index is 0.390. The molecule has 2 atom stereocenters. The second-order valence-corrected chi connectivity index (χ2v) is 5.87. The second kappa shape index (κ2) is 5.51. The largest absolute Gasteiger partial charge is 0.389 e. The van der Waals surface area contributed by atoms with Crippen LogP contribution in [0.5, 0.6) is 0 Å². The van der Waals surface area contributed by atoms with Gasteiger partial charge in [-0.1, -0.05) is 18.2 Å². The van der Waals surface area contributed by atoms with Crippen molar-refractivity contribution in [3.05, 3.63) is 29.8 Å². The number of hydrogen-bond acceptors (Lipinski definition) is 3. The molecular weight excluding hydrogens is 236 g/mol. The van der Waals surface area contributed by atoms with Crippen molar-refractivity contribution < 1.29 is 5.11 Å². The van der Waals surface area contributed by atoms with Crippen LogP contribution in [0, 0.1) is 0 Å². The Kier molecular flexibility index (Phi) is 3.76. The standard InChI is InChI=1S/C16H24N2O/c1-13(19)15-7-2-3-8-16(15)18-11-5-10-17-9-4-6-14(17)12-18/h2-3,7-8,13-14,19H,4-6,9-12H2,1H3/t13-,14?/m0/s1. The van der Waals surface area contributed by atoms with Crippen molar-refractivity contribution in [2.24, 2.45) is 0 Å². The second-order valence-electron chi connectivity index (χ2n) is 5.87. The molecule has 0 aliphatic carbocycles. The van der Waals surface area contributed by atoms with Crippen LogP contribution in [-0.2, 0) is 0 Å². The van der Waals surface area contributed by atoms with Crippen molar-refractivity contribution in [3.63, 3.8) is 0 Å². The Morgan fingerprint density at radius 2 is 1.95 bits per heavy atom. The number of para-hydroxylation sites is 1. The predicted molar refractivity (Wildman–Crippen MR) is 78.5 cm³/mol. The molecular formula is C16H24N2O. The molecule has 1 unspecified atom stereocenters. The molecule has 0 saturated carbocycles. The number of rotatable bonds is 2. The van der Waals surface area contributed by atoms with Crippen LogP contribution in [0.3, 0.4) is 0 Å². The highest BCUT2D eigenvalue weighted by molar-refractivity contribution is 5.54. The Balaban J connectivity index is 1.85. The lowest BCUT2D eigenvalue weighted by molar-refractivity contribution is 0.199. The maximum Gasteiger partial charge on any atom is 0.0781 e. The smallest absolute Gasteiger partial charge is 0.0781 e. The molecule has 104 valence electrons. The summed E-state index contributed by atoms with van der Waals surface area (Å²) in [5.41, 5.74) is 2.29. The van der Waals surface area contributed by atoms with Gasteiger partial charge in [0, 0.05) is 36.9 Å². The molecule has 1 aromatic rings. The third-order valence-electron chi connectivity index (χ3n) is 4.53. The Bertz CT molecular complexity index is 433. The Morgan fingerprint density at radius 3 is 2.79 bits per heavy atom. The molecule has 19 heavy (non-hydrogen) atoms. The van der Waals surface area contributed by atoms with E-state index in [4.69, 9.17) is 0 Å². The third-order valence-corrected chi connectivity index (χ3v) is 4.53. The van der Waals surface area contributed by atoms with Gasteiger partial charge in [-0.2, -0.15) is 0 Å². The van der Waals surface area contributed by atoms with Gasteiger partial charge in [-0.15, -0.1) is 0 Å². The van der Waals surface area contributed by atoms with E-state index in [-0.39, 0.29) is 6.10 Å². The predicted octanol–water partition coefficient (Wildman–Crippen LogP) is 2.41. The van der Waals surface area contributed by atoms with Gasteiger partial charge < -0.3 is 10.0 Å². The Hall–Kier alpha value is -1.06. The molecule has 1 aromatic carbocycles. The van der Waals surface area contributed by atoms with E-state index in [1.807, 2.05) is 13.0 Å². The summed E-state index contributed by atoms with van der Waals surface area (Å²) in [6, 6.07) is 9.03. The van der Waals surface area contributed by atoms with Gasteiger partial charge in [0.2, 0.25) is 0 Å². The van der Waals surface area contributed by atoms with E-state index >= 15 is 0 Å². The van der Waals surface area contributed by atoms with Crippen molar-refractivity contribution in [2.75, 3.05) is 31.1 Å². The topological polar surface area (TPSA) is 26.7 Å². The highest BCUT2D eigenvalue weighted by Gasteiger charge is 2.29. The fraction of sp³-hybridized carbons (Fsp3) is 0.625. The summed E-state index contributed by atoms with van der Waals surface area (Å²) in [6.45, 7) is 6.59. The maximum absolute atomic E-state index is 9.96. The van der Waals surface area contributed by atoms with Crippen LogP contribution in [-0.4, -0.2) is 42.2 Å². The zero-order valence-electron chi connectivity index (χ0n) is 11.8. The van der Waals surface area contributed by atoms with Crippen molar-refractivity contribution in [2.45, 2.75) is 38.3 Å². The Labute approximate surface area is 115 Å². The molecule has 0 spiro atoms. The van der Waals surface area contributed by atoms with E-state index in [0.717, 1.165) is 18.7 Å². The molecule has 1 N–H and O–H groups in total. The van der Waals surface area contributed by atoms with Gasteiger partial charge in [0.1, 0.15) is 0 Å². The summed E-state index contributed by atoms with van der Waals surface area (Å²) in [7, 11) is 0. The molecule has 0 radical (unpaired) electrons. The van der Waals surface area contributed by atoms with Gasteiger partial charge >= 0.3 is 0 Å². The van der Waals surface area contributed by atoms with E-state index in [9.17, 15) is 5.11 Å². The highest BCUT2D eigenvalue weighted by atomic mass is 16.3. The minimum Gasteiger partial charge on any atom is -0.389 e. The highest BCUT2D eigenvalue weighted by Crippen LogP contribution is 2.30. The quantitative estimate of drug-likeness (QED) is 0.884. The average molecular weight is 260 g/mol. The first-order chi connectivity index (χ1) is 9.25. The van der Waals surface area contributed by atoms with E-state index in [2.05, 4.69) is 28.0 Å². The van der Waals surface area contributed by atoms with Crippen LogP contribution in [0.2, 0.25) is 0 Å². The first-order valence-corrected chi connectivity index (χ1v) is 7.51. The van der Waals surface area contributed by atoms with Crippen LogP contribution >= 0.6 is 0 Å². The summed E-state index contributed by atoms with van der Waals surface area (Å²) in [5, 5.41) is 9.96. The Morgan fingerprint density at radius 1 is 1.16 bits per heavy atom. The lowest BCUT2D eigenvalue weighted by Gasteiger charge is -2.29. The fourth-order valence-corrected chi connectivity index (χ4v) is 3.55. The van der Waals surface area contributed by atoms with Crippen LogP contribution in [0.25, 0.3) is 0 Å². The maximum atomic E-state index is 9.96. The number of aliphatic hydroxyl groups excluding tert-OH is 1. The normalized spacial score (nSPS) is 26.0. The fourth-order valence-electron chi connectivity index (χ4n) is 3.55. The van der Waals surface area contributed by atoms with E-state index in [0.29, 0.717) is 6.04 Å². The summed E-state index contributed by atoms with van der Waals surface area (Å²) < 4.78 is 0. The summed E-state index contributed by atoms with van der Waals surface area (Å²) in [5.74, 6) is 0. The monoisotopic (exact) mass is 260 g/mol. The van der Waals surface area contributed by atoms with Crippen molar-refractivity contribution in [1.82, 2.24) is 4.90 Å². The zero-order chi connectivity index (χ0) is 13.2. The molecule has 2 aliphatic heterocycles. The molecule has 2 fully saturated rings. The number of aliphatic hydroxyl groups is 1. The summed E-state index contributed by atoms with van der Waals surface area (Å²) in [4.78, 5) is 5.13. The number of hydrogen-bond donors (Lipinski definition) is 1. The molecule has 2 heterocycles. The minimum atomic E-state index is -0.390. The molecule has 2 saturated heterocycles. The third kappa shape index (κ3) is 2.63. The number of fused-ring (bicyclic) bond motifs is 1. The van der Waals surface area contributed by atoms with Gasteiger partial charge in [0.05, 0.1) is 6.10 Å². The lowest BCUT2D eigenvalue weighted by atomic mass is 10.1. The van der Waals surface area contributed by atoms with Gasteiger partial charge in [0.15, 0.2) is 0 Å². The zero-order valence-corrected chi connectivity index (χ0v) is 11.8. The summed E-state index contributed by atoms with van der Waals surface area (Å²) >= 11 is 0. The molecule has 2 aliphatic rings. The number of anilines is 1. The molecule has 0 amide bonds. The van der Waals surface area contributed by atoms with Crippen LogP contribution in [0.4, 0.5) is 5.69 Å². The van der Waals surface area contributed by atoms with E-state index in [1.165, 1.54) is 38.0 Å². The van der Waals surface area contributed by atoms with Gasteiger partial charge in [-0.05, 0) is 38.8 Å². The number of benzene rings is 1. The van der Waals surface area contributed by atoms with E-state index < -0.39 is 0 Å².